The molecule has 0 bridgehead atoms. The zero-order chi connectivity index (χ0) is 30.5. The second-order valence-electron chi connectivity index (χ2n) is 8.27. The summed E-state index contributed by atoms with van der Waals surface area (Å²) in [5, 5.41) is 41.7. The van der Waals surface area contributed by atoms with Gasteiger partial charge in [0.15, 0.2) is 0 Å². The molecule has 17 nitrogen and oxygen atoms in total. The average Bonchev–Trinajstić information content (AvgIpc) is 2.97. The molecular weight excluding hydrogens is 751 g/mol. The number of carbonyl (C=O) groups excluding carboxylic acids is 4. The van der Waals surface area contributed by atoms with E-state index >= 15 is 0 Å². The minimum atomic E-state index is -1.63. The number of nitrogens with zero attached hydrogens (tertiary/aromatic N) is 4. The van der Waals surface area contributed by atoms with Crippen LogP contribution in [0.5, 0.6) is 0 Å². The van der Waals surface area contributed by atoms with Crippen molar-refractivity contribution in [2.45, 2.75) is 12.8 Å². The van der Waals surface area contributed by atoms with Crippen molar-refractivity contribution in [2.24, 2.45) is 0 Å². The van der Waals surface area contributed by atoms with E-state index in [4.69, 9.17) is 0 Å². The van der Waals surface area contributed by atoms with Crippen molar-refractivity contribution in [1.29, 1.82) is 0 Å². The van der Waals surface area contributed by atoms with Crippen molar-refractivity contribution in [2.75, 3.05) is 0 Å². The molecular formula is C30H31Cu2N4O13+. The fourth-order valence-electron chi connectivity index (χ4n) is 3.60. The van der Waals surface area contributed by atoms with Gasteiger partial charge in [0.05, 0.1) is 22.1 Å². The van der Waals surface area contributed by atoms with E-state index < -0.39 is 36.7 Å². The molecule has 6 aromatic rings. The molecule has 2 radical (unpaired) electrons. The third-order valence-corrected chi connectivity index (χ3v) is 5.27. The topological polar surface area (TPSA) is 371 Å². The summed E-state index contributed by atoms with van der Waals surface area (Å²) in [5.41, 5.74) is 3.91. The number of aromatic nitrogens is 4. The van der Waals surface area contributed by atoms with Gasteiger partial charge in [0.1, 0.15) is 0 Å². The van der Waals surface area contributed by atoms with Gasteiger partial charge < -0.3 is 67.0 Å². The molecule has 49 heavy (non-hydrogen) atoms. The summed E-state index contributed by atoms with van der Waals surface area (Å²) < 4.78 is 0. The van der Waals surface area contributed by atoms with Crippen molar-refractivity contribution < 1.29 is 101 Å². The van der Waals surface area contributed by atoms with Crippen molar-refractivity contribution in [3.05, 3.63) is 97.6 Å². The molecule has 270 valence electrons. The van der Waals surface area contributed by atoms with Gasteiger partial charge in [-0.3, -0.25) is 19.9 Å². The summed E-state index contributed by atoms with van der Waals surface area (Å²) in [6, 6.07) is 24.3. The summed E-state index contributed by atoms with van der Waals surface area (Å²) in [4.78, 5) is 54.5. The number of hydrogen-bond donors (Lipinski definition) is 0. The van der Waals surface area contributed by atoms with E-state index in [-0.39, 0.29) is 61.5 Å². The second kappa shape index (κ2) is 26.8. The first-order chi connectivity index (χ1) is 20.2. The Kier molecular flexibility index (Phi) is 29.2. The Hall–Kier alpha value is -5.20. The fourth-order valence-corrected chi connectivity index (χ4v) is 3.60. The van der Waals surface area contributed by atoms with E-state index in [1.807, 2.05) is 24.3 Å². The quantitative estimate of drug-likeness (QED) is 0.0703. The summed E-state index contributed by atoms with van der Waals surface area (Å²) >= 11 is 0. The van der Waals surface area contributed by atoms with Gasteiger partial charge in [0, 0.05) is 83.1 Å². The van der Waals surface area contributed by atoms with E-state index in [1.165, 1.54) is 0 Å². The molecule has 0 fully saturated rings. The van der Waals surface area contributed by atoms with Gasteiger partial charge in [0.2, 0.25) is 0 Å². The number of benzene rings is 2. The molecule has 0 atom stereocenters. The molecule has 11 N–H and O–H groups in total. The minimum absolute atomic E-state index is 0. The standard InChI is InChI=1S/2C12H8N2.2C3H4O4.2Cu.5H2O/c2*1-3-9-5-6-10-4-2-8-14-12(10)11(9)13-7-1;2*4-2(5)1-3(6)7;;;;;;;/h2*1-8H;2*1H2,(H,4,5)(H,6,7);;;5*1H2/q;;;;2*+2;;;;;/p-3. The Morgan fingerprint density at radius 1 is 0.408 bits per heavy atom. The summed E-state index contributed by atoms with van der Waals surface area (Å²) in [7, 11) is 0. The SMILES string of the molecule is O.O.O.O.O=C([O-])CC(=O)[O-].O=C([O-])CC(=O)[O-].[Cu+2].[Cu+2].[OH3+].c1cnc2c(c1)ccc1cccnc12.c1cnc2c(c1)ccc1cccnc12. The monoisotopic (exact) mass is 781 g/mol. The Morgan fingerprint density at radius 2 is 0.592 bits per heavy atom. The van der Waals surface area contributed by atoms with Gasteiger partial charge in [-0.05, 0) is 24.3 Å². The van der Waals surface area contributed by atoms with Crippen LogP contribution in [0.1, 0.15) is 12.8 Å². The summed E-state index contributed by atoms with van der Waals surface area (Å²) in [6.45, 7) is 0. The normalized spacial score (nSPS) is 8.49. The fraction of sp³-hybridized carbons (Fsp3) is 0.0667. The van der Waals surface area contributed by atoms with Crippen LogP contribution in [0.4, 0.5) is 0 Å². The molecule has 0 saturated carbocycles. The Morgan fingerprint density at radius 3 is 0.735 bits per heavy atom. The van der Waals surface area contributed by atoms with Crippen LogP contribution in [0.2, 0.25) is 0 Å². The zero-order valence-corrected chi connectivity index (χ0v) is 26.8. The number of fused-ring (bicyclic) bond motifs is 6. The van der Waals surface area contributed by atoms with E-state index in [1.54, 1.807) is 24.8 Å². The van der Waals surface area contributed by atoms with Crippen LogP contribution >= 0.6 is 0 Å². The van der Waals surface area contributed by atoms with Crippen LogP contribution in [-0.2, 0) is 58.8 Å². The van der Waals surface area contributed by atoms with E-state index in [2.05, 4.69) is 68.5 Å². The smallest absolute Gasteiger partial charge is 0.550 e. The van der Waals surface area contributed by atoms with Gasteiger partial charge in [0.25, 0.3) is 0 Å². The van der Waals surface area contributed by atoms with Crippen molar-refractivity contribution in [1.82, 2.24) is 19.9 Å². The van der Waals surface area contributed by atoms with Crippen LogP contribution in [-0.4, -0.2) is 65.7 Å². The summed E-state index contributed by atoms with van der Waals surface area (Å²) in [6.07, 6.45) is 5.15. The molecule has 4 heterocycles. The van der Waals surface area contributed by atoms with Crippen molar-refractivity contribution in [3.8, 4) is 0 Å². The van der Waals surface area contributed by atoms with Crippen LogP contribution in [0.3, 0.4) is 0 Å². The molecule has 19 heteroatoms. The molecule has 0 aliphatic carbocycles. The first kappa shape index (κ1) is 53.3. The maximum Gasteiger partial charge on any atom is 2.00 e. The van der Waals surface area contributed by atoms with E-state index in [0.29, 0.717) is 0 Å². The maximum atomic E-state index is 9.28. The molecule has 0 unspecified atom stereocenters. The molecule has 6 rings (SSSR count). The van der Waals surface area contributed by atoms with Gasteiger partial charge in [-0.15, -0.1) is 0 Å². The number of carbonyl (C=O) groups is 4. The summed E-state index contributed by atoms with van der Waals surface area (Å²) in [5.74, 6) is -6.50. The predicted molar refractivity (Wildman–Crippen MR) is 163 cm³/mol. The molecule has 0 aliphatic rings. The number of aliphatic carboxylic acids is 4. The number of carboxylic acid groups (broad SMARTS) is 4. The minimum Gasteiger partial charge on any atom is -0.550 e. The van der Waals surface area contributed by atoms with E-state index in [0.717, 1.165) is 43.6 Å². The molecule has 4 aromatic heterocycles. The van der Waals surface area contributed by atoms with Crippen LogP contribution < -0.4 is 20.4 Å². The largest absolute Gasteiger partial charge is 2.00 e. The second-order valence-corrected chi connectivity index (χ2v) is 8.27. The first-order valence-electron chi connectivity index (χ1n) is 12.1. The maximum absolute atomic E-state index is 9.28. The first-order valence-corrected chi connectivity index (χ1v) is 12.1. The van der Waals surface area contributed by atoms with Crippen molar-refractivity contribution in [3.63, 3.8) is 0 Å². The molecule has 2 aromatic carbocycles. The zero-order valence-electron chi connectivity index (χ0n) is 24.9. The third-order valence-electron chi connectivity index (χ3n) is 5.27. The number of rotatable bonds is 4. The van der Waals surface area contributed by atoms with E-state index in [9.17, 15) is 39.6 Å². The van der Waals surface area contributed by atoms with Crippen LogP contribution in [0, 0.1) is 0 Å². The van der Waals surface area contributed by atoms with Crippen LogP contribution in [0.25, 0.3) is 43.6 Å². The molecule has 0 amide bonds. The average molecular weight is 783 g/mol. The van der Waals surface area contributed by atoms with Crippen LogP contribution in [0.15, 0.2) is 97.6 Å². The molecule has 0 spiro atoms. The van der Waals surface area contributed by atoms with Gasteiger partial charge in [-0.1, -0.05) is 48.5 Å². The Balaban J connectivity index is -0.000000176. The van der Waals surface area contributed by atoms with Gasteiger partial charge >= 0.3 is 34.1 Å². The Labute approximate surface area is 298 Å². The third kappa shape index (κ3) is 17.0. The van der Waals surface area contributed by atoms with Gasteiger partial charge in [-0.25, -0.2) is 0 Å². The Bertz CT molecular complexity index is 1630. The number of pyridine rings is 4. The van der Waals surface area contributed by atoms with Gasteiger partial charge in [-0.2, -0.15) is 0 Å². The predicted octanol–water partition coefficient (Wildman–Crippen LogP) is -4.91. The molecule has 0 aliphatic heterocycles. The molecule has 0 saturated heterocycles. The number of hydrogen-bond acceptors (Lipinski definition) is 12. The van der Waals surface area contributed by atoms with Crippen molar-refractivity contribution >= 4 is 67.5 Å². The number of carboxylic acids is 4.